The molecule has 0 aromatic heterocycles. The summed E-state index contributed by atoms with van der Waals surface area (Å²) in [5.74, 6) is 0.100. The Morgan fingerprint density at radius 1 is 0.810 bits per heavy atom. The van der Waals surface area contributed by atoms with Gasteiger partial charge in [-0.25, -0.2) is 0 Å². The fourth-order valence-corrected chi connectivity index (χ4v) is 5.75. The van der Waals surface area contributed by atoms with E-state index in [1.807, 2.05) is 87.5 Å². The lowest BCUT2D eigenvalue weighted by molar-refractivity contribution is -0.120. The molecule has 2 amide bonds. The fraction of sp³-hybridized carbons (Fsp3) is 0.147. The number of benzene rings is 4. The van der Waals surface area contributed by atoms with Crippen molar-refractivity contribution in [1.82, 2.24) is 0 Å². The molecule has 0 atom stereocenters. The maximum Gasteiger partial charge on any atom is 0.270 e. The normalized spacial score (nSPS) is 14.5. The van der Waals surface area contributed by atoms with Gasteiger partial charge in [0.2, 0.25) is 0 Å². The minimum atomic E-state index is -0.495. The van der Waals surface area contributed by atoms with E-state index in [0.29, 0.717) is 35.0 Å². The maximum atomic E-state index is 14.0. The number of anilines is 2. The molecule has 0 unspecified atom stereocenters. The quantitative estimate of drug-likeness (QED) is 0.0869. The monoisotopic (exact) mass is 688 g/mol. The molecule has 0 N–H and O–H groups in total. The van der Waals surface area contributed by atoms with Crippen LogP contribution in [-0.2, 0) is 16.2 Å². The van der Waals surface area contributed by atoms with Crippen LogP contribution in [0.3, 0.4) is 0 Å². The number of ether oxygens (including phenoxy) is 2. The summed E-state index contributed by atoms with van der Waals surface area (Å²) < 4.78 is 12.6. The summed E-state index contributed by atoms with van der Waals surface area (Å²) in [6.07, 6.45) is 1.59. The van der Waals surface area contributed by atoms with Crippen molar-refractivity contribution < 1.29 is 19.1 Å². The molecule has 212 valence electrons. The van der Waals surface area contributed by atoms with Gasteiger partial charge in [-0.05, 0) is 120 Å². The van der Waals surface area contributed by atoms with Crippen LogP contribution >= 0.6 is 34.8 Å². The number of rotatable bonds is 7. The van der Waals surface area contributed by atoms with Crippen molar-refractivity contribution in [2.75, 3.05) is 16.9 Å². The molecule has 1 aliphatic rings. The fourth-order valence-electron chi connectivity index (χ4n) is 4.60. The number of para-hydroxylation sites is 1. The summed E-state index contributed by atoms with van der Waals surface area (Å²) in [4.78, 5) is 30.7. The first-order chi connectivity index (χ1) is 20.2. The van der Waals surface area contributed by atoms with Crippen molar-refractivity contribution in [3.8, 4) is 11.5 Å². The van der Waals surface area contributed by atoms with Gasteiger partial charge < -0.3 is 9.47 Å². The minimum Gasteiger partial charge on any atom is -0.493 e. The van der Waals surface area contributed by atoms with E-state index in [9.17, 15) is 9.59 Å². The van der Waals surface area contributed by atoms with Crippen LogP contribution < -0.4 is 19.3 Å². The molecule has 4 aromatic carbocycles. The third-order valence-corrected chi connectivity index (χ3v) is 8.25. The van der Waals surface area contributed by atoms with Crippen LogP contribution in [0.15, 0.2) is 90.5 Å². The van der Waals surface area contributed by atoms with Crippen molar-refractivity contribution in [3.63, 3.8) is 0 Å². The van der Waals surface area contributed by atoms with Gasteiger partial charge in [0.1, 0.15) is 12.2 Å². The smallest absolute Gasteiger partial charge is 0.270 e. The van der Waals surface area contributed by atoms with Crippen molar-refractivity contribution in [2.45, 2.75) is 27.4 Å². The van der Waals surface area contributed by atoms with Crippen molar-refractivity contribution in [3.05, 3.63) is 122 Å². The van der Waals surface area contributed by atoms with Gasteiger partial charge in [-0.1, -0.05) is 54.1 Å². The predicted molar refractivity (Wildman–Crippen MR) is 179 cm³/mol. The van der Waals surface area contributed by atoms with Gasteiger partial charge in [0.05, 0.1) is 22.1 Å². The Kier molecular flexibility index (Phi) is 8.74. The minimum absolute atomic E-state index is 0.0168. The molecule has 1 aliphatic heterocycles. The first-order valence-electron chi connectivity index (χ1n) is 13.3. The van der Waals surface area contributed by atoms with E-state index in [0.717, 1.165) is 20.3 Å². The zero-order valence-corrected chi connectivity index (χ0v) is 26.7. The zero-order valence-electron chi connectivity index (χ0n) is 23.7. The summed E-state index contributed by atoms with van der Waals surface area (Å²) in [5, 5.41) is 0.101. The van der Waals surface area contributed by atoms with E-state index in [1.54, 1.807) is 31.4 Å². The number of halogens is 1. The number of thiocarbonyl (C=S) groups is 1. The van der Waals surface area contributed by atoms with Crippen LogP contribution in [0.1, 0.15) is 27.8 Å². The summed E-state index contributed by atoms with van der Waals surface area (Å²) in [6, 6.07) is 26.6. The lowest BCUT2D eigenvalue weighted by Crippen LogP contribution is -2.57. The Morgan fingerprint density at radius 3 is 2.12 bits per heavy atom. The second-order valence-electron chi connectivity index (χ2n) is 10.0. The number of carbonyl (C=O) groups excluding carboxylic acids is 2. The molecule has 0 aliphatic carbocycles. The van der Waals surface area contributed by atoms with Crippen molar-refractivity contribution in [2.24, 2.45) is 0 Å². The van der Waals surface area contributed by atoms with Gasteiger partial charge in [-0.2, -0.15) is 0 Å². The average Bonchev–Trinajstić information content (AvgIpc) is 2.98. The molecule has 6 nitrogen and oxygen atoms in total. The topological polar surface area (TPSA) is 59.1 Å². The Morgan fingerprint density at radius 2 is 1.48 bits per heavy atom. The standard InChI is InChI=1S/C34H29IN2O4S/c1-21-10-13-24(14-11-21)20-41-31-29(35)18-25(19-30(31)40-4)17-28-32(38)36(26-8-6-5-7-9-26)34(42)37(33(28)39)27-15-12-22(2)23(3)16-27/h5-19H,20H2,1-4H3/b28-17+. The molecule has 1 saturated heterocycles. The molecular formula is C34H29IN2O4S. The number of aryl methyl sites for hydroxylation is 3. The molecule has 1 heterocycles. The summed E-state index contributed by atoms with van der Waals surface area (Å²) in [7, 11) is 1.56. The number of carbonyl (C=O) groups is 2. The lowest BCUT2D eigenvalue weighted by atomic mass is 10.0. The van der Waals surface area contributed by atoms with Crippen LogP contribution in [0.25, 0.3) is 6.08 Å². The van der Waals surface area contributed by atoms with Crippen LogP contribution in [0, 0.1) is 24.3 Å². The maximum absolute atomic E-state index is 14.0. The summed E-state index contributed by atoms with van der Waals surface area (Å²) in [5.41, 5.74) is 6.09. The van der Waals surface area contributed by atoms with Crippen LogP contribution in [0.5, 0.6) is 11.5 Å². The first-order valence-corrected chi connectivity index (χ1v) is 14.8. The first kappa shape index (κ1) is 29.5. The number of hydrogen-bond acceptors (Lipinski definition) is 5. The third kappa shape index (κ3) is 5.96. The molecule has 1 fully saturated rings. The largest absolute Gasteiger partial charge is 0.493 e. The Hall–Kier alpha value is -4.02. The Balaban J connectivity index is 1.55. The summed E-state index contributed by atoms with van der Waals surface area (Å²) in [6.45, 7) is 6.39. The lowest BCUT2D eigenvalue weighted by Gasteiger charge is -2.36. The van der Waals surface area contributed by atoms with Crippen LogP contribution in [0.4, 0.5) is 11.4 Å². The van der Waals surface area contributed by atoms with E-state index in [2.05, 4.69) is 22.6 Å². The number of amides is 2. The third-order valence-electron chi connectivity index (χ3n) is 7.08. The number of methoxy groups -OCH3 is 1. The van der Waals surface area contributed by atoms with Crippen molar-refractivity contribution >= 4 is 69.2 Å². The van der Waals surface area contributed by atoms with Gasteiger partial charge in [-0.3, -0.25) is 19.4 Å². The molecular weight excluding hydrogens is 659 g/mol. The molecule has 4 aromatic rings. The molecule has 8 heteroatoms. The second-order valence-corrected chi connectivity index (χ2v) is 11.6. The van der Waals surface area contributed by atoms with E-state index in [-0.39, 0.29) is 10.7 Å². The SMILES string of the molecule is COc1cc(/C=C2\C(=O)N(c3ccccc3)C(=S)N(c3ccc(C)c(C)c3)C2=O)cc(I)c1OCc1ccc(C)cc1. The van der Waals surface area contributed by atoms with E-state index in [1.165, 1.54) is 15.4 Å². The number of nitrogens with zero attached hydrogens (tertiary/aromatic N) is 2. The van der Waals surface area contributed by atoms with Crippen LogP contribution in [-0.4, -0.2) is 24.0 Å². The highest BCUT2D eigenvalue weighted by atomic mass is 127. The Bertz CT molecular complexity index is 1720. The highest BCUT2D eigenvalue weighted by Crippen LogP contribution is 2.36. The number of hydrogen-bond donors (Lipinski definition) is 0. The highest BCUT2D eigenvalue weighted by Gasteiger charge is 2.41. The zero-order chi connectivity index (χ0) is 30.0. The second kappa shape index (κ2) is 12.5. The predicted octanol–water partition coefficient (Wildman–Crippen LogP) is 7.55. The molecule has 5 rings (SSSR count). The molecule has 42 heavy (non-hydrogen) atoms. The van der Waals surface area contributed by atoms with E-state index >= 15 is 0 Å². The van der Waals surface area contributed by atoms with Gasteiger partial charge >= 0.3 is 0 Å². The molecule has 0 saturated carbocycles. The van der Waals surface area contributed by atoms with Gasteiger partial charge in [0.15, 0.2) is 16.6 Å². The van der Waals surface area contributed by atoms with E-state index < -0.39 is 11.8 Å². The van der Waals surface area contributed by atoms with E-state index in [4.69, 9.17) is 21.7 Å². The van der Waals surface area contributed by atoms with Crippen molar-refractivity contribution in [1.29, 1.82) is 0 Å². The van der Waals surface area contributed by atoms with Gasteiger partial charge in [0.25, 0.3) is 11.8 Å². The van der Waals surface area contributed by atoms with Gasteiger partial charge in [-0.15, -0.1) is 0 Å². The molecule has 0 bridgehead atoms. The molecule has 0 radical (unpaired) electrons. The average molecular weight is 689 g/mol. The highest BCUT2D eigenvalue weighted by molar-refractivity contribution is 14.1. The van der Waals surface area contributed by atoms with Gasteiger partial charge in [0, 0.05) is 0 Å². The molecule has 0 spiro atoms. The summed E-state index contributed by atoms with van der Waals surface area (Å²) >= 11 is 7.94. The van der Waals surface area contributed by atoms with Crippen LogP contribution in [0.2, 0.25) is 0 Å². The Labute approximate surface area is 264 Å².